The normalized spacial score (nSPS) is 12.7. The third-order valence-corrected chi connectivity index (χ3v) is 6.82. The van der Waals surface area contributed by atoms with Crippen LogP contribution in [-0.2, 0) is 24.2 Å². The van der Waals surface area contributed by atoms with Crippen LogP contribution in [0.1, 0.15) is 40.0 Å². The van der Waals surface area contributed by atoms with Gasteiger partial charge in [-0.2, -0.15) is 10.5 Å². The molecule has 0 radical (unpaired) electrons. The first-order chi connectivity index (χ1) is 16.6. The number of hydrogen-bond donors (Lipinski definition) is 1. The van der Waals surface area contributed by atoms with E-state index in [0.717, 1.165) is 41.7 Å². The maximum Gasteiger partial charge on any atom is 0.266 e. The SMILES string of the molecule is COc1ccc(/C=C(\C#N)C(=O)Nc2sc3c(c2C#N)CCCC3)cc1OCc1ccccc1. The Balaban J connectivity index is 1.55. The van der Waals surface area contributed by atoms with Crippen LogP contribution in [0.3, 0.4) is 0 Å². The van der Waals surface area contributed by atoms with E-state index in [9.17, 15) is 15.3 Å². The van der Waals surface area contributed by atoms with Gasteiger partial charge >= 0.3 is 0 Å². The fourth-order valence-electron chi connectivity index (χ4n) is 3.89. The molecule has 1 aliphatic carbocycles. The van der Waals surface area contributed by atoms with E-state index in [0.29, 0.717) is 34.2 Å². The van der Waals surface area contributed by atoms with Crippen molar-refractivity contribution in [3.63, 3.8) is 0 Å². The number of anilines is 1. The van der Waals surface area contributed by atoms with Crippen molar-refractivity contribution in [2.75, 3.05) is 12.4 Å². The van der Waals surface area contributed by atoms with Gasteiger partial charge in [0.2, 0.25) is 0 Å². The summed E-state index contributed by atoms with van der Waals surface area (Å²) < 4.78 is 11.3. The molecule has 0 unspecified atom stereocenters. The molecular weight excluding hydrogens is 446 g/mol. The summed E-state index contributed by atoms with van der Waals surface area (Å²) in [7, 11) is 1.56. The van der Waals surface area contributed by atoms with Crippen LogP contribution in [-0.4, -0.2) is 13.0 Å². The summed E-state index contributed by atoms with van der Waals surface area (Å²) in [4.78, 5) is 14.0. The highest BCUT2D eigenvalue weighted by Gasteiger charge is 2.22. The molecule has 1 aliphatic rings. The number of hydrogen-bond acceptors (Lipinski definition) is 6. The van der Waals surface area contributed by atoms with Crippen molar-refractivity contribution >= 4 is 28.3 Å². The van der Waals surface area contributed by atoms with Gasteiger partial charge in [-0.3, -0.25) is 4.79 Å². The zero-order valence-electron chi connectivity index (χ0n) is 18.8. The number of nitrogens with one attached hydrogen (secondary N) is 1. The standard InChI is InChI=1S/C27H23N3O3S/c1-32-23-12-11-19(14-24(23)33-17-18-7-3-2-4-8-18)13-20(15-28)26(31)30-27-22(16-29)21-9-5-6-10-25(21)34-27/h2-4,7-8,11-14H,5-6,9-10,17H2,1H3,(H,30,31)/b20-13+. The van der Waals surface area contributed by atoms with Crippen molar-refractivity contribution < 1.29 is 14.3 Å². The summed E-state index contributed by atoms with van der Waals surface area (Å²) in [5.74, 6) is 0.523. The van der Waals surface area contributed by atoms with E-state index in [1.165, 1.54) is 17.4 Å². The maximum absolute atomic E-state index is 12.9. The zero-order chi connectivity index (χ0) is 23.9. The molecular formula is C27H23N3O3S. The second kappa shape index (κ2) is 10.7. The molecule has 1 aromatic heterocycles. The number of rotatable bonds is 7. The van der Waals surface area contributed by atoms with Crippen LogP contribution in [0.15, 0.2) is 54.1 Å². The Morgan fingerprint density at radius 3 is 2.65 bits per heavy atom. The molecule has 0 bridgehead atoms. The van der Waals surface area contributed by atoms with Crippen LogP contribution < -0.4 is 14.8 Å². The number of ether oxygens (including phenoxy) is 2. The van der Waals surface area contributed by atoms with E-state index in [4.69, 9.17) is 9.47 Å². The number of carbonyl (C=O) groups is 1. The minimum Gasteiger partial charge on any atom is -0.493 e. The van der Waals surface area contributed by atoms with Crippen molar-refractivity contribution in [2.24, 2.45) is 0 Å². The average molecular weight is 470 g/mol. The highest BCUT2D eigenvalue weighted by atomic mass is 32.1. The molecule has 0 saturated carbocycles. The molecule has 0 fully saturated rings. The molecule has 7 heteroatoms. The molecule has 0 spiro atoms. The first-order valence-corrected chi connectivity index (χ1v) is 11.8. The number of aryl methyl sites for hydroxylation is 1. The summed E-state index contributed by atoms with van der Waals surface area (Å²) >= 11 is 1.43. The number of benzene rings is 2. The number of amides is 1. The zero-order valence-corrected chi connectivity index (χ0v) is 19.6. The Morgan fingerprint density at radius 2 is 1.91 bits per heavy atom. The molecule has 0 saturated heterocycles. The Bertz CT molecular complexity index is 1310. The van der Waals surface area contributed by atoms with Crippen LogP contribution in [0.25, 0.3) is 6.08 Å². The van der Waals surface area contributed by atoms with E-state index in [1.807, 2.05) is 36.4 Å². The summed E-state index contributed by atoms with van der Waals surface area (Å²) in [6.45, 7) is 0.357. The first-order valence-electron chi connectivity index (χ1n) is 11.0. The van der Waals surface area contributed by atoms with Gasteiger partial charge in [0.15, 0.2) is 11.5 Å². The number of carbonyl (C=O) groups excluding carboxylic acids is 1. The highest BCUT2D eigenvalue weighted by molar-refractivity contribution is 7.16. The lowest BCUT2D eigenvalue weighted by Crippen LogP contribution is -2.13. The smallest absolute Gasteiger partial charge is 0.266 e. The molecule has 0 aliphatic heterocycles. The van der Waals surface area contributed by atoms with E-state index in [1.54, 1.807) is 25.3 Å². The first kappa shape index (κ1) is 23.1. The van der Waals surface area contributed by atoms with Gasteiger partial charge in [-0.25, -0.2) is 0 Å². The van der Waals surface area contributed by atoms with Gasteiger partial charge in [-0.1, -0.05) is 36.4 Å². The second-order valence-corrected chi connectivity index (χ2v) is 8.94. The average Bonchev–Trinajstić information content (AvgIpc) is 3.23. The van der Waals surface area contributed by atoms with Crippen LogP contribution in [0.2, 0.25) is 0 Å². The Morgan fingerprint density at radius 1 is 1.12 bits per heavy atom. The van der Waals surface area contributed by atoms with E-state index < -0.39 is 5.91 Å². The van der Waals surface area contributed by atoms with Gasteiger partial charge in [-0.15, -0.1) is 11.3 Å². The van der Waals surface area contributed by atoms with Gasteiger partial charge < -0.3 is 14.8 Å². The van der Waals surface area contributed by atoms with Crippen LogP contribution in [0.5, 0.6) is 11.5 Å². The van der Waals surface area contributed by atoms with Crippen molar-refractivity contribution in [3.8, 4) is 23.6 Å². The minimum absolute atomic E-state index is 0.0607. The van der Waals surface area contributed by atoms with Gasteiger partial charge in [0.25, 0.3) is 5.91 Å². The predicted octanol–water partition coefficient (Wildman–Crippen LogP) is 5.63. The molecule has 6 nitrogen and oxygen atoms in total. The maximum atomic E-state index is 12.9. The van der Waals surface area contributed by atoms with Gasteiger partial charge in [-0.05, 0) is 60.6 Å². The number of methoxy groups -OCH3 is 1. The molecule has 1 N–H and O–H groups in total. The van der Waals surface area contributed by atoms with Crippen LogP contribution in [0, 0.1) is 22.7 Å². The lowest BCUT2D eigenvalue weighted by atomic mass is 9.96. The Kier molecular flexibility index (Phi) is 7.27. The fraction of sp³-hybridized carbons (Fsp3) is 0.222. The number of fused-ring (bicyclic) bond motifs is 1. The Hall–Kier alpha value is -4.07. The largest absolute Gasteiger partial charge is 0.493 e. The number of thiophene rings is 1. The van der Waals surface area contributed by atoms with E-state index in [-0.39, 0.29) is 5.57 Å². The topological polar surface area (TPSA) is 95.1 Å². The third-order valence-electron chi connectivity index (χ3n) is 5.61. The van der Waals surface area contributed by atoms with Crippen molar-refractivity contribution in [1.82, 2.24) is 0 Å². The quantitative estimate of drug-likeness (QED) is 0.357. The molecule has 170 valence electrons. The Labute approximate surface area is 202 Å². The molecule has 1 amide bonds. The van der Waals surface area contributed by atoms with Gasteiger partial charge in [0.1, 0.15) is 29.3 Å². The molecule has 4 rings (SSSR count). The van der Waals surface area contributed by atoms with E-state index in [2.05, 4.69) is 11.4 Å². The number of nitriles is 2. The van der Waals surface area contributed by atoms with Crippen molar-refractivity contribution in [3.05, 3.63) is 81.2 Å². The number of nitrogens with zero attached hydrogens (tertiary/aromatic N) is 2. The molecule has 2 aromatic carbocycles. The summed E-state index contributed by atoms with van der Waals surface area (Å²) in [5, 5.41) is 22.6. The fourth-order valence-corrected chi connectivity index (χ4v) is 5.12. The van der Waals surface area contributed by atoms with Crippen LogP contribution >= 0.6 is 11.3 Å². The predicted molar refractivity (Wildman–Crippen MR) is 132 cm³/mol. The summed E-state index contributed by atoms with van der Waals surface area (Å²) in [6.07, 6.45) is 5.40. The lowest BCUT2D eigenvalue weighted by molar-refractivity contribution is -0.112. The molecule has 1 heterocycles. The summed E-state index contributed by atoms with van der Waals surface area (Å²) in [5.41, 5.74) is 3.13. The van der Waals surface area contributed by atoms with Crippen LogP contribution in [0.4, 0.5) is 5.00 Å². The third kappa shape index (κ3) is 5.11. The molecule has 34 heavy (non-hydrogen) atoms. The highest BCUT2D eigenvalue weighted by Crippen LogP contribution is 2.38. The van der Waals surface area contributed by atoms with Crippen molar-refractivity contribution in [1.29, 1.82) is 10.5 Å². The monoisotopic (exact) mass is 469 g/mol. The molecule has 0 atom stereocenters. The van der Waals surface area contributed by atoms with Gasteiger partial charge in [0.05, 0.1) is 12.7 Å². The van der Waals surface area contributed by atoms with E-state index >= 15 is 0 Å². The second-order valence-electron chi connectivity index (χ2n) is 7.84. The van der Waals surface area contributed by atoms with Crippen molar-refractivity contribution in [2.45, 2.75) is 32.3 Å². The molecule has 3 aromatic rings. The minimum atomic E-state index is -0.542. The lowest BCUT2D eigenvalue weighted by Gasteiger charge is -2.12. The summed E-state index contributed by atoms with van der Waals surface area (Å²) in [6, 6.07) is 19.2. The van der Waals surface area contributed by atoms with Gasteiger partial charge in [0, 0.05) is 4.88 Å².